The van der Waals surface area contributed by atoms with Crippen molar-refractivity contribution in [3.63, 3.8) is 0 Å². The van der Waals surface area contributed by atoms with Gasteiger partial charge in [-0.1, -0.05) is 0 Å². The second-order valence-corrected chi connectivity index (χ2v) is 6.62. The third-order valence-electron chi connectivity index (χ3n) is 3.42. The third kappa shape index (κ3) is 2.59. The first-order chi connectivity index (χ1) is 11.2. The zero-order valence-electron chi connectivity index (χ0n) is 12.7. The van der Waals surface area contributed by atoms with E-state index in [4.69, 9.17) is 5.14 Å². The Bertz CT molecular complexity index is 1130. The lowest BCUT2D eigenvalue weighted by atomic mass is 10.2. The molecule has 0 radical (unpaired) electrons. The molecule has 0 saturated carbocycles. The van der Waals surface area contributed by atoms with Crippen LogP contribution in [0.4, 0.5) is 0 Å². The molecule has 0 amide bonds. The first-order valence-corrected chi connectivity index (χ1v) is 8.18. The van der Waals surface area contributed by atoms with Crippen molar-refractivity contribution in [3.05, 3.63) is 45.1 Å². The molecule has 2 N–H and O–H groups in total. The fraction of sp³-hybridized carbons (Fsp3) is 0.154. The van der Waals surface area contributed by atoms with Crippen molar-refractivity contribution in [1.82, 2.24) is 24.3 Å². The molecule has 2 heterocycles. The van der Waals surface area contributed by atoms with E-state index in [2.05, 4.69) is 15.1 Å². The largest absolute Gasteiger partial charge is 0.352 e. The molecule has 24 heavy (non-hydrogen) atoms. The van der Waals surface area contributed by atoms with Gasteiger partial charge in [-0.15, -0.1) is 0 Å². The number of sulfonamides is 1. The summed E-state index contributed by atoms with van der Waals surface area (Å²) in [5, 5.41) is 9.20. The molecular weight excluding hydrogens is 336 g/mol. The van der Waals surface area contributed by atoms with Crippen LogP contribution in [0.25, 0.3) is 22.9 Å². The van der Waals surface area contributed by atoms with Crippen molar-refractivity contribution in [3.8, 4) is 22.9 Å². The van der Waals surface area contributed by atoms with Crippen LogP contribution in [0.3, 0.4) is 0 Å². The smallest absolute Gasteiger partial charge is 0.267 e. The Hall–Kier alpha value is -2.92. The Morgan fingerprint density at radius 3 is 2.25 bits per heavy atom. The highest BCUT2D eigenvalue weighted by molar-refractivity contribution is 7.89. The Labute approximate surface area is 135 Å². The molecular formula is C13H12N6O4S. The van der Waals surface area contributed by atoms with Crippen LogP contribution >= 0.6 is 0 Å². The molecule has 0 saturated heterocycles. The van der Waals surface area contributed by atoms with Crippen molar-refractivity contribution >= 4 is 10.0 Å². The number of primary sulfonamides is 1. The number of fused-ring (bicyclic) bond motifs is 1. The Morgan fingerprint density at radius 1 is 1.04 bits per heavy atom. The maximum Gasteiger partial charge on any atom is 0.352 e. The predicted molar refractivity (Wildman–Crippen MR) is 83.7 cm³/mol. The number of benzene rings is 1. The number of hydrogen-bond acceptors (Lipinski definition) is 7. The zero-order chi connectivity index (χ0) is 17.6. The molecule has 1 aromatic rings. The van der Waals surface area contributed by atoms with Gasteiger partial charge in [-0.05, 0) is 24.3 Å². The van der Waals surface area contributed by atoms with Gasteiger partial charge >= 0.3 is 5.69 Å². The molecule has 0 bridgehead atoms. The molecule has 0 unspecified atom stereocenters. The van der Waals surface area contributed by atoms with E-state index in [-0.39, 0.29) is 22.2 Å². The van der Waals surface area contributed by atoms with Crippen molar-refractivity contribution in [1.29, 1.82) is 0 Å². The minimum atomic E-state index is -3.81. The third-order valence-corrected chi connectivity index (χ3v) is 4.35. The lowest BCUT2D eigenvalue weighted by molar-refractivity contribution is 0.598. The molecule has 0 fully saturated rings. The van der Waals surface area contributed by atoms with Crippen molar-refractivity contribution in [2.24, 2.45) is 19.2 Å². The summed E-state index contributed by atoms with van der Waals surface area (Å²) < 4.78 is 24.7. The predicted octanol–water partition coefficient (Wildman–Crippen LogP) is -1.31. The molecule has 11 heteroatoms. The van der Waals surface area contributed by atoms with E-state index in [9.17, 15) is 18.0 Å². The summed E-state index contributed by atoms with van der Waals surface area (Å²) in [6.07, 6.45) is 0. The van der Waals surface area contributed by atoms with Gasteiger partial charge in [0.15, 0.2) is 17.3 Å². The van der Waals surface area contributed by atoms with Crippen LogP contribution in [0.2, 0.25) is 0 Å². The fourth-order valence-electron chi connectivity index (χ4n) is 2.12. The topological polar surface area (TPSA) is 143 Å². The number of nitrogens with two attached hydrogens (primary N) is 1. The van der Waals surface area contributed by atoms with Crippen LogP contribution in [0.5, 0.6) is 0 Å². The van der Waals surface area contributed by atoms with Crippen LogP contribution in [-0.4, -0.2) is 32.7 Å². The Kier molecular flexibility index (Phi) is 3.53. The number of rotatable bonds is 2. The standard InChI is InChI=1S/C13H12N6O4S/c1-18-12(20)9-11(16-13(18)21)19(2)17-10(15-9)7-3-5-8(6-4-7)24(14,22)23/h3-6H,1-2H3,(H2,14,22,23). The van der Waals surface area contributed by atoms with Crippen molar-refractivity contribution < 1.29 is 8.42 Å². The zero-order valence-corrected chi connectivity index (χ0v) is 13.5. The summed E-state index contributed by atoms with van der Waals surface area (Å²) in [4.78, 5) is 31.7. The number of aromatic nitrogens is 5. The van der Waals surface area contributed by atoms with Crippen molar-refractivity contribution in [2.45, 2.75) is 4.90 Å². The summed E-state index contributed by atoms with van der Waals surface area (Å²) in [5.74, 6) is 0.247. The minimum absolute atomic E-state index is 0.0138. The highest BCUT2D eigenvalue weighted by atomic mass is 32.2. The average Bonchev–Trinajstić information content (AvgIpc) is 2.53. The first-order valence-electron chi connectivity index (χ1n) is 6.64. The monoisotopic (exact) mass is 348 g/mol. The maximum absolute atomic E-state index is 12.2. The lowest BCUT2D eigenvalue weighted by Crippen LogP contribution is -2.36. The molecule has 10 nitrogen and oxygen atoms in total. The summed E-state index contributed by atoms with van der Waals surface area (Å²) in [5.41, 5.74) is -0.823. The van der Waals surface area contributed by atoms with Gasteiger partial charge in [-0.2, -0.15) is 10.1 Å². The summed E-state index contributed by atoms with van der Waals surface area (Å²) >= 11 is 0. The summed E-state index contributed by atoms with van der Waals surface area (Å²) in [7, 11) is -0.975. The minimum Gasteiger partial charge on any atom is -0.267 e. The molecule has 3 rings (SSSR count). The van der Waals surface area contributed by atoms with Crippen LogP contribution in [0.1, 0.15) is 0 Å². The molecule has 0 atom stereocenters. The molecule has 0 aromatic heterocycles. The van der Waals surface area contributed by atoms with E-state index in [0.717, 1.165) is 4.57 Å². The van der Waals surface area contributed by atoms with Gasteiger partial charge in [0.25, 0.3) is 5.56 Å². The SMILES string of the molecule is Cn1nc(-c2ccc(S(N)(=O)=O)cc2)nc2c(=O)n(C)c(=O)nc1-2. The molecule has 2 aliphatic rings. The maximum atomic E-state index is 12.2. The van der Waals surface area contributed by atoms with E-state index in [1.54, 1.807) is 0 Å². The molecule has 2 aliphatic heterocycles. The average molecular weight is 348 g/mol. The van der Waals surface area contributed by atoms with Gasteiger partial charge in [0.1, 0.15) is 0 Å². The van der Waals surface area contributed by atoms with E-state index in [1.165, 1.54) is 43.0 Å². The highest BCUT2D eigenvalue weighted by Gasteiger charge is 2.19. The molecule has 124 valence electrons. The van der Waals surface area contributed by atoms with E-state index in [1.807, 2.05) is 0 Å². The second-order valence-electron chi connectivity index (χ2n) is 5.06. The first kappa shape index (κ1) is 16.0. The Morgan fingerprint density at radius 2 is 1.67 bits per heavy atom. The second kappa shape index (κ2) is 5.32. The number of hydrogen-bond donors (Lipinski definition) is 1. The Balaban J connectivity index is 2.23. The van der Waals surface area contributed by atoms with Gasteiger partial charge in [-0.25, -0.2) is 28.0 Å². The molecule has 0 aliphatic carbocycles. The quantitative estimate of drug-likeness (QED) is 0.605. The summed E-state index contributed by atoms with van der Waals surface area (Å²) in [6, 6.07) is 5.58. The van der Waals surface area contributed by atoms with Crippen LogP contribution in [0.15, 0.2) is 38.8 Å². The van der Waals surface area contributed by atoms with Gasteiger partial charge < -0.3 is 0 Å². The lowest BCUT2D eigenvalue weighted by Gasteiger charge is -2.11. The highest BCUT2D eigenvalue weighted by Crippen LogP contribution is 2.19. The van der Waals surface area contributed by atoms with E-state index >= 15 is 0 Å². The number of aryl methyl sites for hydroxylation is 1. The van der Waals surface area contributed by atoms with E-state index in [0.29, 0.717) is 5.56 Å². The van der Waals surface area contributed by atoms with Gasteiger partial charge in [0.2, 0.25) is 10.0 Å². The van der Waals surface area contributed by atoms with Crippen molar-refractivity contribution in [2.75, 3.05) is 0 Å². The molecule has 0 spiro atoms. The number of nitrogens with zero attached hydrogens (tertiary/aromatic N) is 5. The van der Waals surface area contributed by atoms with Crippen LogP contribution in [0, 0.1) is 0 Å². The van der Waals surface area contributed by atoms with Gasteiger partial charge in [-0.3, -0.25) is 9.36 Å². The van der Waals surface area contributed by atoms with Crippen LogP contribution < -0.4 is 16.4 Å². The van der Waals surface area contributed by atoms with Gasteiger partial charge in [0.05, 0.1) is 4.90 Å². The summed E-state index contributed by atoms with van der Waals surface area (Å²) in [6.45, 7) is 0. The van der Waals surface area contributed by atoms with Crippen LogP contribution in [-0.2, 0) is 24.1 Å². The van der Waals surface area contributed by atoms with Gasteiger partial charge in [0, 0.05) is 19.7 Å². The molecule has 1 aromatic carbocycles. The fourth-order valence-corrected chi connectivity index (χ4v) is 2.63. The van der Waals surface area contributed by atoms with E-state index < -0.39 is 21.3 Å². The normalized spacial score (nSPS) is 11.8.